The summed E-state index contributed by atoms with van der Waals surface area (Å²) in [4.78, 5) is 0. The summed E-state index contributed by atoms with van der Waals surface area (Å²) >= 11 is 12.3. The van der Waals surface area contributed by atoms with Crippen LogP contribution in [-0.2, 0) is 19.4 Å². The van der Waals surface area contributed by atoms with Crippen LogP contribution in [0.1, 0.15) is 36.5 Å². The number of halogens is 2. The van der Waals surface area contributed by atoms with Gasteiger partial charge in [0.15, 0.2) is 0 Å². The molecule has 0 saturated carbocycles. The van der Waals surface area contributed by atoms with Gasteiger partial charge in [-0.05, 0) is 18.6 Å². The van der Waals surface area contributed by atoms with Crippen molar-refractivity contribution in [3.8, 4) is 5.75 Å². The van der Waals surface area contributed by atoms with E-state index in [-0.39, 0.29) is 11.7 Å². The standard InChI is InChI=1S/C14H15Cl2N3O/c1-2-11-17-18-12-6-3-8(7-19(11)12)13-10(20)5-4-9(15)14(13)16/h4-5,8,20H,2-3,6-7H2,1H3/t8-/m0/s1. The van der Waals surface area contributed by atoms with E-state index in [0.717, 1.165) is 43.0 Å². The Balaban J connectivity index is 2.00. The van der Waals surface area contributed by atoms with E-state index in [9.17, 15) is 5.11 Å². The molecule has 1 aromatic carbocycles. The number of phenols is 1. The fraction of sp³-hybridized carbons (Fsp3) is 0.429. The van der Waals surface area contributed by atoms with Gasteiger partial charge in [0.05, 0.1) is 10.0 Å². The van der Waals surface area contributed by atoms with Gasteiger partial charge in [-0.15, -0.1) is 10.2 Å². The molecule has 0 bridgehead atoms. The van der Waals surface area contributed by atoms with Gasteiger partial charge in [-0.1, -0.05) is 30.1 Å². The van der Waals surface area contributed by atoms with Crippen molar-refractivity contribution in [1.82, 2.24) is 14.8 Å². The molecule has 0 spiro atoms. The maximum absolute atomic E-state index is 10.1. The monoisotopic (exact) mass is 311 g/mol. The van der Waals surface area contributed by atoms with Crippen molar-refractivity contribution in [3.05, 3.63) is 39.4 Å². The predicted molar refractivity (Wildman–Crippen MR) is 78.6 cm³/mol. The van der Waals surface area contributed by atoms with Gasteiger partial charge < -0.3 is 9.67 Å². The predicted octanol–water partition coefficient (Wildman–Crippen LogP) is 3.58. The third kappa shape index (κ3) is 2.17. The van der Waals surface area contributed by atoms with E-state index in [1.165, 1.54) is 0 Å². The van der Waals surface area contributed by atoms with Crippen LogP contribution in [0.5, 0.6) is 5.75 Å². The van der Waals surface area contributed by atoms with Gasteiger partial charge in [-0.3, -0.25) is 0 Å². The van der Waals surface area contributed by atoms with Gasteiger partial charge >= 0.3 is 0 Å². The molecule has 1 aromatic heterocycles. The Morgan fingerprint density at radius 2 is 2.15 bits per heavy atom. The molecule has 1 aliphatic heterocycles. The second-order valence-corrected chi connectivity index (χ2v) is 5.81. The second kappa shape index (κ2) is 5.26. The molecule has 0 fully saturated rings. The molecular formula is C14H15Cl2N3O. The molecule has 0 aliphatic carbocycles. The zero-order valence-corrected chi connectivity index (χ0v) is 12.6. The van der Waals surface area contributed by atoms with Gasteiger partial charge in [-0.25, -0.2) is 0 Å². The van der Waals surface area contributed by atoms with Crippen LogP contribution in [-0.4, -0.2) is 19.9 Å². The summed E-state index contributed by atoms with van der Waals surface area (Å²) in [6.07, 6.45) is 2.56. The lowest BCUT2D eigenvalue weighted by Gasteiger charge is -2.26. The number of nitrogens with zero attached hydrogens (tertiary/aromatic N) is 3. The number of hydrogen-bond acceptors (Lipinski definition) is 3. The van der Waals surface area contributed by atoms with Crippen LogP contribution in [0.2, 0.25) is 10.0 Å². The first kappa shape index (κ1) is 13.7. The van der Waals surface area contributed by atoms with Crippen LogP contribution >= 0.6 is 23.2 Å². The highest BCUT2D eigenvalue weighted by atomic mass is 35.5. The Labute approximate surface area is 127 Å². The molecule has 106 valence electrons. The highest BCUT2D eigenvalue weighted by Crippen LogP contribution is 2.41. The van der Waals surface area contributed by atoms with E-state index in [1.54, 1.807) is 12.1 Å². The van der Waals surface area contributed by atoms with Crippen LogP contribution < -0.4 is 0 Å². The van der Waals surface area contributed by atoms with Gasteiger partial charge in [-0.2, -0.15) is 0 Å². The van der Waals surface area contributed by atoms with Crippen LogP contribution in [0, 0.1) is 0 Å². The summed E-state index contributed by atoms with van der Waals surface area (Å²) in [6, 6.07) is 3.22. The topological polar surface area (TPSA) is 50.9 Å². The zero-order chi connectivity index (χ0) is 14.3. The number of aromatic hydroxyl groups is 1. The summed E-state index contributed by atoms with van der Waals surface area (Å²) in [7, 11) is 0. The maximum atomic E-state index is 10.1. The summed E-state index contributed by atoms with van der Waals surface area (Å²) < 4.78 is 2.13. The highest BCUT2D eigenvalue weighted by Gasteiger charge is 2.27. The van der Waals surface area contributed by atoms with Crippen LogP contribution in [0.4, 0.5) is 0 Å². The van der Waals surface area contributed by atoms with Gasteiger partial charge in [0.25, 0.3) is 0 Å². The fourth-order valence-electron chi connectivity index (χ4n) is 2.82. The number of rotatable bonds is 2. The molecule has 0 saturated heterocycles. The molecule has 1 atom stereocenters. The molecular weight excluding hydrogens is 297 g/mol. The molecule has 4 nitrogen and oxygen atoms in total. The zero-order valence-electron chi connectivity index (χ0n) is 11.1. The molecule has 1 aliphatic rings. The van der Waals surface area contributed by atoms with E-state index in [4.69, 9.17) is 23.2 Å². The number of aromatic nitrogens is 3. The third-order valence-electron chi connectivity index (χ3n) is 3.86. The smallest absolute Gasteiger partial charge is 0.133 e. The average Bonchev–Trinajstić information content (AvgIpc) is 2.86. The summed E-state index contributed by atoms with van der Waals surface area (Å²) in [5, 5.41) is 19.4. The summed E-state index contributed by atoms with van der Waals surface area (Å²) in [5.74, 6) is 2.33. The highest BCUT2D eigenvalue weighted by molar-refractivity contribution is 6.42. The van der Waals surface area contributed by atoms with Crippen LogP contribution in [0.3, 0.4) is 0 Å². The van der Waals surface area contributed by atoms with E-state index in [1.807, 2.05) is 0 Å². The normalized spacial score (nSPS) is 18.1. The molecule has 6 heteroatoms. The Morgan fingerprint density at radius 3 is 2.90 bits per heavy atom. The van der Waals surface area contributed by atoms with Crippen molar-refractivity contribution < 1.29 is 5.11 Å². The molecule has 0 unspecified atom stereocenters. The first-order valence-electron chi connectivity index (χ1n) is 6.69. The fourth-order valence-corrected chi connectivity index (χ4v) is 3.30. The van der Waals surface area contributed by atoms with Crippen LogP contribution in [0.15, 0.2) is 12.1 Å². The molecule has 0 radical (unpaired) electrons. The van der Waals surface area contributed by atoms with Crippen LogP contribution in [0.25, 0.3) is 0 Å². The summed E-state index contributed by atoms with van der Waals surface area (Å²) in [5.41, 5.74) is 0.737. The number of hydrogen-bond donors (Lipinski definition) is 1. The van der Waals surface area contributed by atoms with Gasteiger partial charge in [0, 0.05) is 30.9 Å². The average molecular weight is 312 g/mol. The minimum Gasteiger partial charge on any atom is -0.508 e. The first-order chi connectivity index (χ1) is 9.61. The largest absolute Gasteiger partial charge is 0.508 e. The van der Waals surface area contributed by atoms with E-state index in [0.29, 0.717) is 10.0 Å². The quantitative estimate of drug-likeness (QED) is 0.922. The third-order valence-corrected chi connectivity index (χ3v) is 4.68. The number of fused-ring (bicyclic) bond motifs is 1. The van der Waals surface area contributed by atoms with Crippen molar-refractivity contribution in [2.75, 3.05) is 0 Å². The van der Waals surface area contributed by atoms with Crippen molar-refractivity contribution >= 4 is 23.2 Å². The number of benzene rings is 1. The lowest BCUT2D eigenvalue weighted by molar-refractivity contribution is 0.416. The number of phenolic OH excluding ortho intramolecular Hbond substituents is 1. The molecule has 0 amide bonds. The van der Waals surface area contributed by atoms with Crippen molar-refractivity contribution in [2.24, 2.45) is 0 Å². The second-order valence-electron chi connectivity index (χ2n) is 5.03. The minimum absolute atomic E-state index is 0.134. The Hall–Kier alpha value is -1.26. The summed E-state index contributed by atoms with van der Waals surface area (Å²) in [6.45, 7) is 2.80. The Morgan fingerprint density at radius 1 is 1.35 bits per heavy atom. The SMILES string of the molecule is CCc1nnc2n1C[C@@H](c1c(O)ccc(Cl)c1Cl)CC2. The lowest BCUT2D eigenvalue weighted by atomic mass is 9.90. The number of aryl methyl sites for hydroxylation is 2. The van der Waals surface area contributed by atoms with E-state index < -0.39 is 0 Å². The van der Waals surface area contributed by atoms with Crippen molar-refractivity contribution in [3.63, 3.8) is 0 Å². The Bertz CT molecular complexity index is 641. The van der Waals surface area contributed by atoms with Gasteiger partial charge in [0.1, 0.15) is 17.4 Å². The van der Waals surface area contributed by atoms with Crippen molar-refractivity contribution in [1.29, 1.82) is 0 Å². The van der Waals surface area contributed by atoms with E-state index in [2.05, 4.69) is 21.7 Å². The van der Waals surface area contributed by atoms with E-state index >= 15 is 0 Å². The lowest BCUT2D eigenvalue weighted by Crippen LogP contribution is -2.21. The van der Waals surface area contributed by atoms with Crippen molar-refractivity contribution in [2.45, 2.75) is 38.6 Å². The molecule has 2 heterocycles. The molecule has 2 aromatic rings. The molecule has 20 heavy (non-hydrogen) atoms. The molecule has 3 rings (SSSR count). The minimum atomic E-state index is 0.134. The Kier molecular flexibility index (Phi) is 3.61. The van der Waals surface area contributed by atoms with Gasteiger partial charge in [0.2, 0.25) is 0 Å². The first-order valence-corrected chi connectivity index (χ1v) is 7.45. The maximum Gasteiger partial charge on any atom is 0.133 e. The molecule has 1 N–H and O–H groups in total.